The monoisotopic (exact) mass is 306 g/mol. The molecule has 0 saturated carbocycles. The van der Waals surface area contributed by atoms with Crippen molar-refractivity contribution in [2.45, 2.75) is 13.8 Å². The van der Waals surface area contributed by atoms with E-state index < -0.39 is 0 Å². The fraction of sp³-hybridized carbons (Fsp3) is 0.333. The van der Waals surface area contributed by atoms with Crippen LogP contribution in [0.1, 0.15) is 19.4 Å². The van der Waals surface area contributed by atoms with Gasteiger partial charge in [0.15, 0.2) is 0 Å². The van der Waals surface area contributed by atoms with Gasteiger partial charge in [-0.15, -0.1) is 0 Å². The van der Waals surface area contributed by atoms with Crippen LogP contribution < -0.4 is 0 Å². The number of aromatic nitrogens is 1. The molecule has 3 heteroatoms. The maximum atomic E-state index is 3.54. The molecule has 18 heavy (non-hydrogen) atoms. The Kier molecular flexibility index (Phi) is 3.93. The summed E-state index contributed by atoms with van der Waals surface area (Å²) in [5, 5.41) is 1.31. The molecule has 1 aliphatic heterocycles. The van der Waals surface area contributed by atoms with Crippen LogP contribution in [-0.4, -0.2) is 30.0 Å². The summed E-state index contributed by atoms with van der Waals surface area (Å²) in [7, 11) is 2.17. The van der Waals surface area contributed by atoms with Gasteiger partial charge < -0.3 is 9.88 Å². The van der Waals surface area contributed by atoms with E-state index in [1.807, 2.05) is 0 Å². The van der Waals surface area contributed by atoms with E-state index >= 15 is 0 Å². The summed E-state index contributed by atoms with van der Waals surface area (Å²) >= 11 is 3.54. The zero-order valence-corrected chi connectivity index (χ0v) is 11.4. The van der Waals surface area contributed by atoms with Crippen molar-refractivity contribution in [3.63, 3.8) is 0 Å². The Morgan fingerprint density at radius 1 is 1.33 bits per heavy atom. The van der Waals surface area contributed by atoms with Gasteiger partial charge in [-0.1, -0.05) is 29.4 Å². The molecule has 2 heterocycles. The molecule has 2 nitrogen and oxygen atoms in total. The third-order valence-electron chi connectivity index (χ3n) is 3.40. The summed E-state index contributed by atoms with van der Waals surface area (Å²) in [5.74, 6) is 0. The van der Waals surface area contributed by atoms with Crippen LogP contribution in [0.5, 0.6) is 0 Å². The van der Waals surface area contributed by atoms with E-state index in [0.717, 1.165) is 24.0 Å². The lowest BCUT2D eigenvalue weighted by atomic mass is 9.99. The number of rotatable bonds is 1. The van der Waals surface area contributed by atoms with Gasteiger partial charge >= 0.3 is 0 Å². The van der Waals surface area contributed by atoms with Gasteiger partial charge in [-0.2, -0.15) is 0 Å². The number of likely N-dealkylation sites (N-methyl/N-ethyl adjacent to an activating group) is 1. The minimum absolute atomic E-state index is 0. The second kappa shape index (κ2) is 5.29. The van der Waals surface area contributed by atoms with Gasteiger partial charge in [0, 0.05) is 40.2 Å². The first-order valence-electron chi connectivity index (χ1n) is 5.88. The molecule has 1 aliphatic rings. The summed E-state index contributed by atoms with van der Waals surface area (Å²) in [6.07, 6.45) is 5.61. The number of H-pyrrole nitrogens is 1. The molecule has 0 amide bonds. The highest BCUT2D eigenvalue weighted by molar-refractivity contribution is 9.10. The topological polar surface area (TPSA) is 19.0 Å². The third-order valence-corrected chi connectivity index (χ3v) is 3.90. The van der Waals surface area contributed by atoms with Gasteiger partial charge in [0.05, 0.1) is 0 Å². The van der Waals surface area contributed by atoms with Crippen LogP contribution in [0, 0.1) is 0 Å². The SMILES string of the molecule is C.CN1CC=C(c2c[nH]c3ccc(Br)cc23)CC1. The van der Waals surface area contributed by atoms with Gasteiger partial charge in [0.2, 0.25) is 0 Å². The molecule has 0 saturated heterocycles. The summed E-state index contributed by atoms with van der Waals surface area (Å²) < 4.78 is 1.14. The van der Waals surface area contributed by atoms with Crippen LogP contribution >= 0.6 is 15.9 Å². The Bertz CT molecular complexity index is 583. The van der Waals surface area contributed by atoms with Crippen LogP contribution in [0.15, 0.2) is 34.9 Å². The van der Waals surface area contributed by atoms with E-state index in [2.05, 4.69) is 63.3 Å². The number of nitrogens with one attached hydrogen (secondary N) is 1. The second-order valence-electron chi connectivity index (χ2n) is 4.63. The zero-order valence-electron chi connectivity index (χ0n) is 9.83. The molecule has 1 aromatic heterocycles. The standard InChI is InChI=1S/C14H15BrN2.CH4/c1-17-6-4-10(5-7-17)13-9-16-14-3-2-11(15)8-12(13)14;/h2-4,8-9,16H,5-7H2,1H3;1H4. The van der Waals surface area contributed by atoms with Crippen molar-refractivity contribution < 1.29 is 0 Å². The van der Waals surface area contributed by atoms with Gasteiger partial charge in [0.1, 0.15) is 0 Å². The molecule has 0 fully saturated rings. The summed E-state index contributed by atoms with van der Waals surface area (Å²) in [6, 6.07) is 6.39. The maximum absolute atomic E-state index is 3.54. The first kappa shape index (κ1) is 13.4. The second-order valence-corrected chi connectivity index (χ2v) is 5.55. The molecule has 1 aromatic carbocycles. The van der Waals surface area contributed by atoms with E-state index in [4.69, 9.17) is 0 Å². The van der Waals surface area contributed by atoms with Crippen molar-refractivity contribution in [1.29, 1.82) is 0 Å². The van der Waals surface area contributed by atoms with Crippen molar-refractivity contribution >= 4 is 32.4 Å². The predicted molar refractivity (Wildman–Crippen MR) is 82.8 cm³/mol. The minimum Gasteiger partial charge on any atom is -0.361 e. The Morgan fingerprint density at radius 3 is 2.89 bits per heavy atom. The molecule has 0 atom stereocenters. The smallest absolute Gasteiger partial charge is 0.0461 e. The van der Waals surface area contributed by atoms with Crippen LogP contribution in [0.25, 0.3) is 16.5 Å². The van der Waals surface area contributed by atoms with Crippen molar-refractivity contribution in [1.82, 2.24) is 9.88 Å². The molecule has 0 radical (unpaired) electrons. The average molecular weight is 307 g/mol. The normalized spacial score (nSPS) is 16.4. The van der Waals surface area contributed by atoms with Crippen molar-refractivity contribution in [3.8, 4) is 0 Å². The maximum Gasteiger partial charge on any atom is 0.0461 e. The van der Waals surface area contributed by atoms with Gasteiger partial charge in [0.25, 0.3) is 0 Å². The van der Waals surface area contributed by atoms with Crippen molar-refractivity contribution in [3.05, 3.63) is 40.5 Å². The Labute approximate surface area is 117 Å². The van der Waals surface area contributed by atoms with Gasteiger partial charge in [-0.3, -0.25) is 0 Å². The number of hydrogen-bond acceptors (Lipinski definition) is 1. The molecule has 0 spiro atoms. The fourth-order valence-electron chi connectivity index (χ4n) is 2.37. The Balaban J connectivity index is 0.00000120. The van der Waals surface area contributed by atoms with Crippen LogP contribution in [-0.2, 0) is 0 Å². The molecule has 0 aliphatic carbocycles. The minimum atomic E-state index is 0. The lowest BCUT2D eigenvalue weighted by Gasteiger charge is -2.21. The number of fused-ring (bicyclic) bond motifs is 1. The van der Waals surface area contributed by atoms with Crippen LogP contribution in [0.3, 0.4) is 0 Å². The van der Waals surface area contributed by atoms with Gasteiger partial charge in [-0.25, -0.2) is 0 Å². The van der Waals surface area contributed by atoms with E-state index in [9.17, 15) is 0 Å². The Hall–Kier alpha value is -1.06. The molecule has 1 N–H and O–H groups in total. The lowest BCUT2D eigenvalue weighted by Crippen LogP contribution is -2.23. The quantitative estimate of drug-likeness (QED) is 0.833. The molecule has 0 unspecified atom stereocenters. The van der Waals surface area contributed by atoms with E-state index in [0.29, 0.717) is 0 Å². The van der Waals surface area contributed by atoms with E-state index in [1.54, 1.807) is 0 Å². The highest BCUT2D eigenvalue weighted by atomic mass is 79.9. The third kappa shape index (κ3) is 2.38. The first-order valence-corrected chi connectivity index (χ1v) is 6.68. The number of benzene rings is 1. The van der Waals surface area contributed by atoms with E-state index in [-0.39, 0.29) is 7.43 Å². The molecule has 96 valence electrons. The average Bonchev–Trinajstić information content (AvgIpc) is 2.73. The lowest BCUT2D eigenvalue weighted by molar-refractivity contribution is 0.370. The number of hydrogen-bond donors (Lipinski definition) is 1. The molecule has 2 aromatic rings. The highest BCUT2D eigenvalue weighted by Gasteiger charge is 2.13. The summed E-state index contributed by atoms with van der Waals surface area (Å²) in [4.78, 5) is 5.69. The van der Waals surface area contributed by atoms with Crippen molar-refractivity contribution in [2.75, 3.05) is 20.1 Å². The molecule has 0 bridgehead atoms. The highest BCUT2D eigenvalue weighted by Crippen LogP contribution is 2.30. The fourth-order valence-corrected chi connectivity index (χ4v) is 2.73. The molecular formula is C15H19BrN2. The Morgan fingerprint density at radius 2 is 2.17 bits per heavy atom. The summed E-state index contributed by atoms with van der Waals surface area (Å²) in [6.45, 7) is 2.20. The van der Waals surface area contributed by atoms with Crippen molar-refractivity contribution in [2.24, 2.45) is 0 Å². The predicted octanol–water partition coefficient (Wildman–Crippen LogP) is 4.29. The summed E-state index contributed by atoms with van der Waals surface area (Å²) in [5.41, 5.74) is 4.03. The van der Waals surface area contributed by atoms with Gasteiger partial charge in [-0.05, 0) is 37.2 Å². The van der Waals surface area contributed by atoms with Crippen LogP contribution in [0.2, 0.25) is 0 Å². The van der Waals surface area contributed by atoms with E-state index in [1.165, 1.54) is 22.0 Å². The number of nitrogens with zero attached hydrogens (tertiary/aromatic N) is 1. The number of aromatic amines is 1. The zero-order chi connectivity index (χ0) is 11.8. The molecule has 3 rings (SSSR count). The largest absolute Gasteiger partial charge is 0.361 e. The molecular weight excluding hydrogens is 288 g/mol. The number of halogens is 1. The first-order chi connectivity index (χ1) is 8.24. The van der Waals surface area contributed by atoms with Crippen LogP contribution in [0.4, 0.5) is 0 Å².